The third-order valence-corrected chi connectivity index (χ3v) is 4.43. The topological polar surface area (TPSA) is 72.8 Å². The van der Waals surface area contributed by atoms with E-state index in [-0.39, 0.29) is 5.92 Å². The van der Waals surface area contributed by atoms with Crippen molar-refractivity contribution in [2.45, 2.75) is 33.1 Å². The summed E-state index contributed by atoms with van der Waals surface area (Å²) in [5.74, 6) is -0.350. The fourth-order valence-electron chi connectivity index (χ4n) is 1.78. The van der Waals surface area contributed by atoms with Gasteiger partial charge in [-0.25, -0.2) is 0 Å². The summed E-state index contributed by atoms with van der Waals surface area (Å²) in [5.41, 5.74) is 0. The SMILES string of the molecule is CC(C)C(C(=O)O)C1=CC(OCCCCC=O)=C[I-]O1. The van der Waals surface area contributed by atoms with Crippen LogP contribution in [0.2, 0.25) is 0 Å². The van der Waals surface area contributed by atoms with E-state index >= 15 is 0 Å². The Hall–Kier alpha value is -1.05. The summed E-state index contributed by atoms with van der Waals surface area (Å²) in [5, 5.41) is 9.25. The van der Waals surface area contributed by atoms with E-state index in [1.54, 1.807) is 6.08 Å². The van der Waals surface area contributed by atoms with E-state index in [2.05, 4.69) is 0 Å². The van der Waals surface area contributed by atoms with Gasteiger partial charge in [0.25, 0.3) is 0 Å². The molecular formula is C14H20IO5-. The van der Waals surface area contributed by atoms with Crippen LogP contribution in [0.1, 0.15) is 33.1 Å². The Morgan fingerprint density at radius 3 is 2.85 bits per heavy atom. The van der Waals surface area contributed by atoms with Crippen molar-refractivity contribution >= 4 is 12.3 Å². The molecule has 0 bridgehead atoms. The molecule has 0 amide bonds. The van der Waals surface area contributed by atoms with Gasteiger partial charge in [-0.3, -0.25) is 0 Å². The van der Waals surface area contributed by atoms with Crippen molar-refractivity contribution in [1.29, 1.82) is 0 Å². The summed E-state index contributed by atoms with van der Waals surface area (Å²) in [6, 6.07) is 0. The van der Waals surface area contributed by atoms with Crippen molar-refractivity contribution in [3.05, 3.63) is 21.7 Å². The zero-order valence-corrected chi connectivity index (χ0v) is 13.8. The Bertz CT molecular complexity index is 400. The first kappa shape index (κ1) is 17.0. The summed E-state index contributed by atoms with van der Waals surface area (Å²) in [6.45, 7) is 4.26. The molecule has 6 heteroatoms. The molecule has 5 nitrogen and oxygen atoms in total. The van der Waals surface area contributed by atoms with Crippen LogP contribution in [0, 0.1) is 11.8 Å². The monoisotopic (exact) mass is 395 g/mol. The van der Waals surface area contributed by atoms with E-state index in [1.165, 1.54) is 0 Å². The molecule has 0 aromatic heterocycles. The van der Waals surface area contributed by atoms with Crippen LogP contribution in [0.4, 0.5) is 0 Å². The zero-order chi connectivity index (χ0) is 15.0. The molecule has 1 N–H and O–H groups in total. The number of carbonyl (C=O) groups excluding carboxylic acids is 1. The third-order valence-electron chi connectivity index (χ3n) is 2.79. The second-order valence-corrected chi connectivity index (χ2v) is 6.37. The van der Waals surface area contributed by atoms with Gasteiger partial charge in [0.05, 0.1) is 0 Å². The van der Waals surface area contributed by atoms with E-state index < -0.39 is 33.5 Å². The van der Waals surface area contributed by atoms with E-state index in [1.807, 2.05) is 17.9 Å². The predicted octanol–water partition coefficient (Wildman–Crippen LogP) is -0.511. The van der Waals surface area contributed by atoms with Crippen LogP contribution in [-0.2, 0) is 17.4 Å². The van der Waals surface area contributed by atoms with Gasteiger partial charge in [-0.2, -0.15) is 0 Å². The Kier molecular flexibility index (Phi) is 7.64. The van der Waals surface area contributed by atoms with Crippen LogP contribution < -0.4 is 21.6 Å². The van der Waals surface area contributed by atoms with Crippen molar-refractivity contribution in [3.8, 4) is 0 Å². The van der Waals surface area contributed by atoms with E-state index in [0.29, 0.717) is 24.5 Å². The van der Waals surface area contributed by atoms with Crippen LogP contribution in [0.5, 0.6) is 0 Å². The summed E-state index contributed by atoms with van der Waals surface area (Å²) in [4.78, 5) is 21.5. The molecule has 0 aromatic carbocycles. The van der Waals surface area contributed by atoms with Crippen LogP contribution in [0.3, 0.4) is 0 Å². The summed E-state index contributed by atoms with van der Waals surface area (Å²) >= 11 is -0.654. The quantitative estimate of drug-likeness (QED) is 0.324. The second kappa shape index (κ2) is 8.99. The number of aldehydes is 1. The summed E-state index contributed by atoms with van der Waals surface area (Å²) in [6.07, 6.45) is 4.75. The molecule has 1 unspecified atom stereocenters. The minimum atomic E-state index is -0.873. The van der Waals surface area contributed by atoms with Gasteiger partial charge < -0.3 is 0 Å². The normalized spacial score (nSPS) is 16.4. The first-order valence-corrected chi connectivity index (χ1v) is 8.70. The van der Waals surface area contributed by atoms with E-state index in [4.69, 9.17) is 7.80 Å². The number of allylic oxidation sites excluding steroid dienone is 1. The molecule has 1 atom stereocenters. The Morgan fingerprint density at radius 2 is 2.25 bits per heavy atom. The van der Waals surface area contributed by atoms with Gasteiger partial charge in [-0.15, -0.1) is 0 Å². The number of hydrogen-bond acceptors (Lipinski definition) is 4. The minimum absolute atomic E-state index is 0.0327. The molecule has 0 aromatic rings. The number of carboxylic acids is 1. The number of unbranched alkanes of at least 4 members (excludes halogenated alkanes) is 2. The fourth-order valence-corrected chi connectivity index (χ4v) is 3.21. The predicted molar refractivity (Wildman–Crippen MR) is 69.1 cm³/mol. The van der Waals surface area contributed by atoms with Gasteiger partial charge in [0.2, 0.25) is 0 Å². The zero-order valence-electron chi connectivity index (χ0n) is 11.7. The molecule has 1 aliphatic heterocycles. The maximum atomic E-state index is 11.3. The number of halogens is 1. The van der Waals surface area contributed by atoms with Gasteiger partial charge in [0.1, 0.15) is 0 Å². The van der Waals surface area contributed by atoms with Gasteiger partial charge in [-0.05, 0) is 0 Å². The van der Waals surface area contributed by atoms with E-state index in [0.717, 1.165) is 19.1 Å². The average Bonchev–Trinajstić information content (AvgIpc) is 2.38. The third kappa shape index (κ3) is 5.52. The average molecular weight is 395 g/mol. The fraction of sp³-hybridized carbons (Fsp3) is 0.571. The molecule has 114 valence electrons. The maximum absolute atomic E-state index is 11.3. The van der Waals surface area contributed by atoms with Crippen LogP contribution in [0.25, 0.3) is 0 Å². The number of ether oxygens (including phenoxy) is 1. The molecule has 1 heterocycles. The molecule has 20 heavy (non-hydrogen) atoms. The van der Waals surface area contributed by atoms with Crippen molar-refractivity contribution < 1.29 is 44.1 Å². The molecule has 0 radical (unpaired) electrons. The molecule has 0 spiro atoms. The van der Waals surface area contributed by atoms with Crippen molar-refractivity contribution in [1.82, 2.24) is 0 Å². The van der Waals surface area contributed by atoms with Gasteiger partial charge in [-0.1, -0.05) is 0 Å². The number of carbonyl (C=O) groups is 2. The molecule has 1 aliphatic rings. The molecule has 1 rings (SSSR count). The first-order chi connectivity index (χ1) is 9.56. The Morgan fingerprint density at radius 1 is 1.50 bits per heavy atom. The Balaban J connectivity index is 2.55. The van der Waals surface area contributed by atoms with Gasteiger partial charge >= 0.3 is 130 Å². The van der Waals surface area contributed by atoms with Crippen LogP contribution in [-0.4, -0.2) is 24.0 Å². The molecule has 0 saturated heterocycles. The number of aliphatic carboxylic acids is 1. The number of rotatable bonds is 9. The van der Waals surface area contributed by atoms with Gasteiger partial charge in [0, 0.05) is 0 Å². The number of carboxylic acid groups (broad SMARTS) is 1. The molecular weight excluding hydrogens is 375 g/mol. The van der Waals surface area contributed by atoms with Crippen LogP contribution >= 0.6 is 0 Å². The van der Waals surface area contributed by atoms with E-state index in [9.17, 15) is 14.7 Å². The van der Waals surface area contributed by atoms with Crippen molar-refractivity contribution in [3.63, 3.8) is 0 Å². The van der Waals surface area contributed by atoms with Crippen LogP contribution in [0.15, 0.2) is 21.7 Å². The molecule has 0 aliphatic carbocycles. The molecule has 0 fully saturated rings. The second-order valence-electron chi connectivity index (χ2n) is 4.80. The van der Waals surface area contributed by atoms with Crippen molar-refractivity contribution in [2.75, 3.05) is 6.61 Å². The summed E-state index contributed by atoms with van der Waals surface area (Å²) in [7, 11) is 0. The summed E-state index contributed by atoms with van der Waals surface area (Å²) < 4.78 is 13.0. The standard InChI is InChI=1S/C14H20IO5/c1-10(2)13(14(17)18)12-8-11(9-15-20-12)19-7-5-3-4-6-16/h6,8-10,13H,3-5,7H2,1-2H3,(H,17,18)/q-1. The molecule has 0 saturated carbocycles. The first-order valence-electron chi connectivity index (χ1n) is 6.57. The number of hydrogen-bond donors (Lipinski definition) is 1. The van der Waals surface area contributed by atoms with Crippen molar-refractivity contribution in [2.24, 2.45) is 11.8 Å². The van der Waals surface area contributed by atoms with Gasteiger partial charge in [0.15, 0.2) is 0 Å². The Labute approximate surface area is 129 Å².